The number of carbonyl (C=O) groups is 1. The van der Waals surface area contributed by atoms with E-state index in [-0.39, 0.29) is 5.91 Å². The number of halogens is 1. The smallest absolute Gasteiger partial charge is 0.256 e. The Morgan fingerprint density at radius 2 is 2.11 bits per heavy atom. The lowest BCUT2D eigenvalue weighted by Gasteiger charge is -2.05. The zero-order valence-corrected chi connectivity index (χ0v) is 12.9. The highest BCUT2D eigenvalue weighted by Gasteiger charge is 2.08. The summed E-state index contributed by atoms with van der Waals surface area (Å²) in [6, 6.07) is 9.03. The highest BCUT2D eigenvalue weighted by Crippen LogP contribution is 2.18. The average molecular weight is 388 g/mol. The molecule has 3 N–H and O–H groups in total. The lowest BCUT2D eigenvalue weighted by molar-refractivity contribution is 0.102. The van der Waals surface area contributed by atoms with Crippen LogP contribution in [0.4, 0.5) is 5.69 Å². The molecule has 0 bridgehead atoms. The minimum Gasteiger partial charge on any atom is -0.389 e. The molecule has 1 aromatic carbocycles. The second-order valence-corrected chi connectivity index (χ2v) is 6.78. The zero-order chi connectivity index (χ0) is 13.1. The first kappa shape index (κ1) is 13.4. The van der Waals surface area contributed by atoms with Crippen LogP contribution in [-0.4, -0.2) is 10.9 Å². The Kier molecular flexibility index (Phi) is 4.31. The van der Waals surface area contributed by atoms with Crippen LogP contribution >= 0.6 is 46.1 Å². The van der Waals surface area contributed by atoms with Crippen molar-refractivity contribution in [1.29, 1.82) is 0 Å². The Bertz CT molecular complexity index is 610. The largest absolute Gasteiger partial charge is 0.389 e. The van der Waals surface area contributed by atoms with Gasteiger partial charge in [-0.3, -0.25) is 4.79 Å². The monoisotopic (exact) mass is 388 g/mol. The lowest BCUT2D eigenvalue weighted by atomic mass is 10.2. The minimum atomic E-state index is -0.130. The fourth-order valence-electron chi connectivity index (χ4n) is 1.38. The normalized spacial score (nSPS) is 10.1. The molecule has 1 amide bonds. The van der Waals surface area contributed by atoms with Crippen molar-refractivity contribution in [3.63, 3.8) is 0 Å². The second-order valence-electron chi connectivity index (χ2n) is 3.54. The van der Waals surface area contributed by atoms with E-state index in [1.165, 1.54) is 11.3 Å². The van der Waals surface area contributed by atoms with Crippen molar-refractivity contribution in [2.45, 2.75) is 0 Å². The number of nitrogens with two attached hydrogens (primary N) is 1. The fraction of sp³-hybridized carbons (Fsp3) is 0. The molecule has 0 aliphatic carbocycles. The van der Waals surface area contributed by atoms with E-state index in [0.717, 1.165) is 8.45 Å². The molecule has 3 nitrogen and oxygen atoms in total. The molecule has 18 heavy (non-hydrogen) atoms. The third kappa shape index (κ3) is 3.27. The number of hydrogen-bond acceptors (Lipinski definition) is 3. The Labute approximate surface area is 128 Å². The molecule has 0 radical (unpaired) electrons. The summed E-state index contributed by atoms with van der Waals surface area (Å²) < 4.78 is 1.08. The first-order valence-electron chi connectivity index (χ1n) is 5.01. The van der Waals surface area contributed by atoms with Crippen molar-refractivity contribution in [1.82, 2.24) is 0 Å². The maximum absolute atomic E-state index is 11.9. The molecule has 0 aliphatic rings. The quantitative estimate of drug-likeness (QED) is 0.627. The predicted molar refractivity (Wildman–Crippen MR) is 87.3 cm³/mol. The lowest BCUT2D eigenvalue weighted by Crippen LogP contribution is -2.13. The van der Waals surface area contributed by atoms with Crippen LogP contribution in [-0.2, 0) is 0 Å². The highest BCUT2D eigenvalue weighted by molar-refractivity contribution is 14.1. The van der Waals surface area contributed by atoms with Crippen LogP contribution in [0.25, 0.3) is 0 Å². The summed E-state index contributed by atoms with van der Waals surface area (Å²) in [5, 5.41) is 4.64. The molecule has 0 spiro atoms. The van der Waals surface area contributed by atoms with Crippen LogP contribution in [0.2, 0.25) is 0 Å². The maximum atomic E-state index is 11.9. The van der Waals surface area contributed by atoms with Gasteiger partial charge >= 0.3 is 0 Å². The highest BCUT2D eigenvalue weighted by atomic mass is 127. The van der Waals surface area contributed by atoms with Crippen molar-refractivity contribution in [3.05, 3.63) is 49.7 Å². The molecule has 92 valence electrons. The minimum absolute atomic E-state index is 0.130. The summed E-state index contributed by atoms with van der Waals surface area (Å²) >= 11 is 8.62. The van der Waals surface area contributed by atoms with Crippen molar-refractivity contribution < 1.29 is 4.79 Å². The first-order chi connectivity index (χ1) is 8.56. The molecule has 1 aromatic heterocycles. The van der Waals surface area contributed by atoms with Crippen LogP contribution in [0.5, 0.6) is 0 Å². The van der Waals surface area contributed by atoms with Gasteiger partial charge in [0.25, 0.3) is 5.91 Å². The summed E-state index contributed by atoms with van der Waals surface area (Å²) in [5.74, 6) is -0.130. The van der Waals surface area contributed by atoms with E-state index in [9.17, 15) is 4.79 Å². The van der Waals surface area contributed by atoms with E-state index in [1.807, 2.05) is 23.6 Å². The van der Waals surface area contributed by atoms with Gasteiger partial charge in [0.2, 0.25) is 0 Å². The van der Waals surface area contributed by atoms with Crippen LogP contribution in [0.3, 0.4) is 0 Å². The van der Waals surface area contributed by atoms with Gasteiger partial charge in [0.05, 0.1) is 8.45 Å². The van der Waals surface area contributed by atoms with E-state index in [0.29, 0.717) is 16.2 Å². The molecule has 2 rings (SSSR count). The van der Waals surface area contributed by atoms with Crippen molar-refractivity contribution in [2.75, 3.05) is 5.32 Å². The second kappa shape index (κ2) is 5.77. The number of thiocarbonyl (C=S) groups is 1. The molecule has 6 heteroatoms. The van der Waals surface area contributed by atoms with Gasteiger partial charge in [0.1, 0.15) is 4.99 Å². The SMILES string of the molecule is NC(=S)c1cccc(NC(=O)c2csc(I)c2)c1. The molecule has 2 aromatic rings. The summed E-state index contributed by atoms with van der Waals surface area (Å²) in [6.45, 7) is 0. The summed E-state index contributed by atoms with van der Waals surface area (Å²) in [7, 11) is 0. The predicted octanol–water partition coefficient (Wildman–Crippen LogP) is 3.24. The van der Waals surface area contributed by atoms with E-state index in [1.54, 1.807) is 12.1 Å². The summed E-state index contributed by atoms with van der Waals surface area (Å²) in [6.07, 6.45) is 0. The number of rotatable bonds is 3. The third-order valence-electron chi connectivity index (χ3n) is 2.23. The summed E-state index contributed by atoms with van der Waals surface area (Å²) in [5.41, 5.74) is 7.63. The zero-order valence-electron chi connectivity index (χ0n) is 9.14. The third-order valence-corrected chi connectivity index (χ3v) is 4.26. The van der Waals surface area contributed by atoms with Gasteiger partial charge in [-0.2, -0.15) is 0 Å². The molecule has 0 saturated heterocycles. The number of benzene rings is 1. The molecule has 1 heterocycles. The Morgan fingerprint density at radius 3 is 2.72 bits per heavy atom. The Hall–Kier alpha value is -0.990. The van der Waals surface area contributed by atoms with Crippen molar-refractivity contribution >= 4 is 62.7 Å². The topological polar surface area (TPSA) is 55.1 Å². The van der Waals surface area contributed by atoms with E-state index in [2.05, 4.69) is 27.9 Å². The fourth-order valence-corrected chi connectivity index (χ4v) is 2.84. The Balaban J connectivity index is 2.16. The van der Waals surface area contributed by atoms with Crippen LogP contribution in [0.1, 0.15) is 15.9 Å². The molecule has 0 fully saturated rings. The van der Waals surface area contributed by atoms with Crippen molar-refractivity contribution in [3.8, 4) is 0 Å². The van der Waals surface area contributed by atoms with Gasteiger partial charge < -0.3 is 11.1 Å². The number of nitrogens with one attached hydrogen (secondary N) is 1. The molecule has 0 unspecified atom stereocenters. The van der Waals surface area contributed by atoms with Crippen LogP contribution in [0.15, 0.2) is 35.7 Å². The van der Waals surface area contributed by atoms with Gasteiger partial charge in [0.15, 0.2) is 0 Å². The number of hydrogen-bond donors (Lipinski definition) is 2. The van der Waals surface area contributed by atoms with Gasteiger partial charge in [-0.15, -0.1) is 11.3 Å². The average Bonchev–Trinajstić information content (AvgIpc) is 2.76. The van der Waals surface area contributed by atoms with E-state index < -0.39 is 0 Å². The number of carbonyl (C=O) groups excluding carboxylic acids is 1. The van der Waals surface area contributed by atoms with Gasteiger partial charge in [-0.1, -0.05) is 24.4 Å². The molecule has 0 aliphatic heterocycles. The standard InChI is InChI=1S/C12H9IN2OS2/c13-10-5-8(6-18-10)12(16)15-9-3-1-2-7(4-9)11(14)17/h1-6H,(H2,14,17)(H,15,16). The van der Waals surface area contributed by atoms with E-state index >= 15 is 0 Å². The first-order valence-corrected chi connectivity index (χ1v) is 7.38. The van der Waals surface area contributed by atoms with Crippen LogP contribution < -0.4 is 11.1 Å². The molecule has 0 saturated carbocycles. The number of anilines is 1. The van der Waals surface area contributed by atoms with Gasteiger partial charge in [0, 0.05) is 16.6 Å². The molecular formula is C12H9IN2OS2. The van der Waals surface area contributed by atoms with Gasteiger partial charge in [-0.25, -0.2) is 0 Å². The molecular weight excluding hydrogens is 379 g/mol. The Morgan fingerprint density at radius 1 is 1.33 bits per heavy atom. The van der Waals surface area contributed by atoms with Crippen LogP contribution in [0, 0.1) is 2.88 Å². The van der Waals surface area contributed by atoms with E-state index in [4.69, 9.17) is 18.0 Å². The molecule has 0 atom stereocenters. The van der Waals surface area contributed by atoms with Gasteiger partial charge in [-0.05, 0) is 40.8 Å². The number of amides is 1. The summed E-state index contributed by atoms with van der Waals surface area (Å²) in [4.78, 5) is 12.3. The number of thiophene rings is 1. The maximum Gasteiger partial charge on any atom is 0.256 e. The van der Waals surface area contributed by atoms with Crippen molar-refractivity contribution in [2.24, 2.45) is 5.73 Å².